The first-order valence-electron chi connectivity index (χ1n) is 9.76. The van der Waals surface area contributed by atoms with Crippen LogP contribution in [0.25, 0.3) is 5.69 Å². The number of Topliss-reactive ketones (excluding diaryl/α,β-unsaturated/α-hetero) is 1. The van der Waals surface area contributed by atoms with Crippen LogP contribution in [-0.4, -0.2) is 33.9 Å². The summed E-state index contributed by atoms with van der Waals surface area (Å²) in [4.78, 5) is 12.5. The van der Waals surface area contributed by atoms with E-state index in [1.165, 1.54) is 12.1 Å². The van der Waals surface area contributed by atoms with Gasteiger partial charge >= 0.3 is 0 Å². The van der Waals surface area contributed by atoms with Gasteiger partial charge in [-0.1, -0.05) is 29.8 Å². The molecule has 2 aromatic carbocycles. The highest BCUT2D eigenvalue weighted by molar-refractivity contribution is 6.30. The number of carbonyl (C=O) groups excluding carboxylic acids is 1. The molecule has 2 heterocycles. The number of carbonyl (C=O) groups is 1. The lowest BCUT2D eigenvalue weighted by Crippen LogP contribution is -2.47. The van der Waals surface area contributed by atoms with Gasteiger partial charge in [0.2, 0.25) is 0 Å². The number of aliphatic hydroxyl groups is 1. The predicted octanol–water partition coefficient (Wildman–Crippen LogP) is 3.94. The molecule has 1 fully saturated rings. The summed E-state index contributed by atoms with van der Waals surface area (Å²) in [6, 6.07) is 13.9. The minimum Gasteiger partial charge on any atom is -0.380 e. The van der Waals surface area contributed by atoms with Crippen LogP contribution in [0, 0.1) is 12.7 Å². The van der Waals surface area contributed by atoms with Crippen LogP contribution >= 0.6 is 11.6 Å². The smallest absolute Gasteiger partial charge is 0.139 e. The van der Waals surface area contributed by atoms with Gasteiger partial charge in [-0.15, -0.1) is 0 Å². The lowest BCUT2D eigenvalue weighted by Gasteiger charge is -2.36. The normalized spacial score (nSPS) is 15.1. The molecule has 0 bridgehead atoms. The minimum absolute atomic E-state index is 0.00402. The fourth-order valence-electron chi connectivity index (χ4n) is 3.64. The molecule has 3 aromatic rings. The summed E-state index contributed by atoms with van der Waals surface area (Å²) < 4.78 is 21.2. The molecule has 156 valence electrons. The van der Waals surface area contributed by atoms with Gasteiger partial charge < -0.3 is 9.84 Å². The maximum absolute atomic E-state index is 14.4. The van der Waals surface area contributed by atoms with Gasteiger partial charge in [0.25, 0.3) is 0 Å². The molecule has 0 saturated carbocycles. The van der Waals surface area contributed by atoms with Crippen molar-refractivity contribution in [1.29, 1.82) is 0 Å². The molecule has 1 N–H and O–H groups in total. The molecule has 0 radical (unpaired) electrons. The third kappa shape index (κ3) is 4.31. The minimum atomic E-state index is -1.26. The number of nitrogens with zero attached hydrogens (tertiary/aromatic N) is 2. The van der Waals surface area contributed by atoms with Crippen molar-refractivity contribution in [1.82, 2.24) is 9.78 Å². The van der Waals surface area contributed by atoms with Crippen molar-refractivity contribution in [2.24, 2.45) is 0 Å². The van der Waals surface area contributed by atoms with Gasteiger partial charge in [-0.2, -0.15) is 5.10 Å². The zero-order chi connectivity index (χ0) is 21.3. The molecular weight excluding hydrogens is 407 g/mol. The molecule has 1 aromatic heterocycles. The van der Waals surface area contributed by atoms with Gasteiger partial charge in [0, 0.05) is 29.1 Å². The van der Waals surface area contributed by atoms with E-state index in [2.05, 4.69) is 5.10 Å². The van der Waals surface area contributed by atoms with Gasteiger partial charge in [0.1, 0.15) is 17.2 Å². The van der Waals surface area contributed by atoms with Crippen molar-refractivity contribution in [3.63, 3.8) is 0 Å². The molecule has 0 amide bonds. The maximum atomic E-state index is 14.4. The van der Waals surface area contributed by atoms with Crippen LogP contribution in [0.5, 0.6) is 0 Å². The second-order valence-corrected chi connectivity index (χ2v) is 8.16. The van der Waals surface area contributed by atoms with Gasteiger partial charge in [-0.05, 0) is 49.2 Å². The molecular formula is C23H22ClFN2O3. The monoisotopic (exact) mass is 428 g/mol. The molecule has 5 nitrogen and oxygen atoms in total. The van der Waals surface area contributed by atoms with E-state index in [1.54, 1.807) is 16.8 Å². The zero-order valence-corrected chi connectivity index (χ0v) is 17.3. The summed E-state index contributed by atoms with van der Waals surface area (Å²) in [5.74, 6) is -0.509. The van der Waals surface area contributed by atoms with Crippen molar-refractivity contribution in [3.8, 4) is 5.69 Å². The number of hydrogen-bond acceptors (Lipinski definition) is 4. The highest BCUT2D eigenvalue weighted by atomic mass is 35.5. The lowest BCUT2D eigenvalue weighted by molar-refractivity contribution is -0.186. The molecule has 4 rings (SSSR count). The van der Waals surface area contributed by atoms with Crippen LogP contribution in [-0.2, 0) is 28.0 Å². The van der Waals surface area contributed by atoms with Crippen LogP contribution < -0.4 is 0 Å². The van der Waals surface area contributed by atoms with Crippen molar-refractivity contribution in [2.75, 3.05) is 13.2 Å². The van der Waals surface area contributed by atoms with Gasteiger partial charge in [0.05, 0.1) is 24.6 Å². The van der Waals surface area contributed by atoms with Crippen LogP contribution in [0.15, 0.2) is 48.5 Å². The summed E-state index contributed by atoms with van der Waals surface area (Å²) in [6.45, 7) is 2.07. The van der Waals surface area contributed by atoms with Crippen molar-refractivity contribution in [2.45, 2.75) is 31.8 Å². The molecule has 1 saturated heterocycles. The molecule has 30 heavy (non-hydrogen) atoms. The first-order chi connectivity index (χ1) is 14.3. The Labute approximate surface area is 179 Å². The number of aryl methyl sites for hydroxylation is 2. The van der Waals surface area contributed by atoms with Crippen LogP contribution in [0.4, 0.5) is 4.39 Å². The third-order valence-electron chi connectivity index (χ3n) is 5.24. The summed E-state index contributed by atoms with van der Waals surface area (Å²) in [7, 11) is 0. The number of benzene rings is 2. The Balaban J connectivity index is 1.42. The Bertz CT molecular complexity index is 1090. The van der Waals surface area contributed by atoms with Crippen LogP contribution in [0.2, 0.25) is 5.02 Å². The van der Waals surface area contributed by atoms with Gasteiger partial charge in [-0.25, -0.2) is 9.07 Å². The number of ether oxygens (including phenoxy) is 1. The topological polar surface area (TPSA) is 64.3 Å². The second kappa shape index (κ2) is 8.30. The molecule has 0 atom stereocenters. The third-order valence-corrected chi connectivity index (χ3v) is 5.47. The largest absolute Gasteiger partial charge is 0.380 e. The SMILES string of the molecule is Cc1cc(CCC(=O)Cc2ccc(C3(O)COC3)c(F)c2)n(-c2cccc(Cl)c2)n1. The highest BCUT2D eigenvalue weighted by Crippen LogP contribution is 2.31. The van der Waals surface area contributed by atoms with E-state index in [0.29, 0.717) is 23.4 Å². The number of aromatic nitrogens is 2. The summed E-state index contributed by atoms with van der Waals surface area (Å²) >= 11 is 6.09. The standard InChI is InChI=1S/C23H22ClFN2O3/c1-15-9-19(27(26-15)18-4-2-3-17(24)12-18)6-7-20(28)10-16-5-8-21(22(25)11-16)23(29)13-30-14-23/h2-5,8-9,11-12,29H,6-7,10,13-14H2,1H3. The van der Waals surface area contributed by atoms with E-state index >= 15 is 0 Å². The number of rotatable bonds is 7. The Morgan fingerprint density at radius 3 is 2.73 bits per heavy atom. The quantitative estimate of drug-likeness (QED) is 0.619. The Hall–Kier alpha value is -2.54. The number of halogens is 2. The van der Waals surface area contributed by atoms with Gasteiger partial charge in [-0.3, -0.25) is 4.79 Å². The molecule has 1 aliphatic rings. The molecule has 1 aliphatic heterocycles. The number of hydrogen-bond donors (Lipinski definition) is 1. The van der Waals surface area contributed by atoms with Crippen LogP contribution in [0.1, 0.15) is 28.9 Å². The fourth-order valence-corrected chi connectivity index (χ4v) is 3.83. The van der Waals surface area contributed by atoms with Crippen molar-refractivity contribution in [3.05, 3.63) is 81.9 Å². The fraction of sp³-hybridized carbons (Fsp3) is 0.304. The first kappa shape index (κ1) is 20.7. The molecule has 0 unspecified atom stereocenters. The predicted molar refractivity (Wildman–Crippen MR) is 111 cm³/mol. The van der Waals surface area contributed by atoms with Crippen LogP contribution in [0.3, 0.4) is 0 Å². The van der Waals surface area contributed by atoms with E-state index in [-0.39, 0.29) is 31.0 Å². The van der Waals surface area contributed by atoms with Crippen molar-refractivity contribution >= 4 is 17.4 Å². The Morgan fingerprint density at radius 2 is 2.07 bits per heavy atom. The average Bonchev–Trinajstić information content (AvgIpc) is 3.05. The Morgan fingerprint density at radius 1 is 1.27 bits per heavy atom. The van der Waals surface area contributed by atoms with E-state index in [0.717, 1.165) is 17.1 Å². The number of ketones is 1. The average molecular weight is 429 g/mol. The Kier molecular flexibility index (Phi) is 5.73. The van der Waals surface area contributed by atoms with E-state index in [4.69, 9.17) is 16.3 Å². The van der Waals surface area contributed by atoms with Crippen molar-refractivity contribution < 1.29 is 19.0 Å². The summed E-state index contributed by atoms with van der Waals surface area (Å²) in [5.41, 5.74) is 2.15. The summed E-state index contributed by atoms with van der Waals surface area (Å²) in [5, 5.41) is 15.4. The molecule has 0 spiro atoms. The van der Waals surface area contributed by atoms with E-state index in [1.807, 2.05) is 31.2 Å². The highest BCUT2D eigenvalue weighted by Gasteiger charge is 2.40. The van der Waals surface area contributed by atoms with E-state index < -0.39 is 11.4 Å². The van der Waals surface area contributed by atoms with Gasteiger partial charge in [0.15, 0.2) is 0 Å². The second-order valence-electron chi connectivity index (χ2n) is 7.72. The maximum Gasteiger partial charge on any atom is 0.139 e. The first-order valence-corrected chi connectivity index (χ1v) is 10.1. The van der Waals surface area contributed by atoms with E-state index in [9.17, 15) is 14.3 Å². The molecule has 0 aliphatic carbocycles. The zero-order valence-electron chi connectivity index (χ0n) is 16.6. The summed E-state index contributed by atoms with van der Waals surface area (Å²) in [6.07, 6.45) is 0.965. The lowest BCUT2D eigenvalue weighted by atomic mass is 9.90. The molecule has 7 heteroatoms.